The largest absolute Gasteiger partial charge is 0.488 e. The van der Waals surface area contributed by atoms with E-state index in [1.54, 1.807) is 30.5 Å². The lowest BCUT2D eigenvalue weighted by Crippen LogP contribution is -2.13. The van der Waals surface area contributed by atoms with Crippen LogP contribution in [0.1, 0.15) is 15.9 Å². The number of primary amides is 1. The zero-order valence-corrected chi connectivity index (χ0v) is 12.7. The molecular formula is C17H12ClFN2O2. The van der Waals surface area contributed by atoms with Crippen LogP contribution in [-0.2, 0) is 6.61 Å². The van der Waals surface area contributed by atoms with Crippen molar-refractivity contribution in [1.29, 1.82) is 0 Å². The van der Waals surface area contributed by atoms with Crippen molar-refractivity contribution in [1.82, 2.24) is 4.98 Å². The van der Waals surface area contributed by atoms with Crippen LogP contribution in [0.2, 0.25) is 5.02 Å². The van der Waals surface area contributed by atoms with E-state index in [0.29, 0.717) is 21.5 Å². The fourth-order valence-corrected chi connectivity index (χ4v) is 2.49. The van der Waals surface area contributed by atoms with Crippen molar-refractivity contribution in [2.75, 3.05) is 0 Å². The molecule has 23 heavy (non-hydrogen) atoms. The molecule has 3 aromatic rings. The standard InChI is InChI=1S/C17H12ClFN2O2/c18-12-3-4-15(14(8-12)17(20)22)23-9-11-7-13(19)6-10-2-1-5-21-16(10)11/h1-8H,9H2,(H2,20,22). The molecule has 0 radical (unpaired) electrons. The van der Waals surface area contributed by atoms with Gasteiger partial charge in [-0.1, -0.05) is 17.7 Å². The Morgan fingerprint density at radius 3 is 2.87 bits per heavy atom. The zero-order valence-electron chi connectivity index (χ0n) is 11.9. The minimum Gasteiger partial charge on any atom is -0.488 e. The maximum Gasteiger partial charge on any atom is 0.252 e. The van der Waals surface area contributed by atoms with E-state index in [4.69, 9.17) is 22.1 Å². The molecule has 1 heterocycles. The third-order valence-electron chi connectivity index (χ3n) is 3.34. The number of amides is 1. The Morgan fingerprint density at radius 1 is 1.26 bits per heavy atom. The topological polar surface area (TPSA) is 65.2 Å². The Labute approximate surface area is 136 Å². The molecule has 0 aliphatic rings. The highest BCUT2D eigenvalue weighted by atomic mass is 35.5. The molecule has 0 aliphatic carbocycles. The Bertz CT molecular complexity index is 899. The number of ether oxygens (including phenoxy) is 1. The second-order valence-corrected chi connectivity index (χ2v) is 5.37. The average Bonchev–Trinajstić information content (AvgIpc) is 2.53. The van der Waals surface area contributed by atoms with Crippen LogP contribution in [0.25, 0.3) is 10.9 Å². The first-order valence-corrected chi connectivity index (χ1v) is 7.17. The highest BCUT2D eigenvalue weighted by molar-refractivity contribution is 6.31. The predicted octanol–water partition coefficient (Wildman–Crippen LogP) is 3.71. The quantitative estimate of drug-likeness (QED) is 0.793. The van der Waals surface area contributed by atoms with Crippen LogP contribution in [0.3, 0.4) is 0 Å². The number of nitrogens with zero attached hydrogens (tertiary/aromatic N) is 1. The maximum atomic E-state index is 13.7. The second-order valence-electron chi connectivity index (χ2n) is 4.93. The molecule has 1 aromatic heterocycles. The van der Waals surface area contributed by atoms with Gasteiger partial charge in [0.15, 0.2) is 0 Å². The van der Waals surface area contributed by atoms with Crippen molar-refractivity contribution in [3.05, 3.63) is 70.6 Å². The summed E-state index contributed by atoms with van der Waals surface area (Å²) >= 11 is 5.85. The molecule has 0 unspecified atom stereocenters. The van der Waals surface area contributed by atoms with E-state index in [1.165, 1.54) is 18.2 Å². The van der Waals surface area contributed by atoms with E-state index >= 15 is 0 Å². The summed E-state index contributed by atoms with van der Waals surface area (Å²) in [6, 6.07) is 10.8. The molecule has 0 aliphatic heterocycles. The number of carbonyl (C=O) groups is 1. The van der Waals surface area contributed by atoms with Crippen molar-refractivity contribution in [2.45, 2.75) is 6.61 Å². The first-order valence-electron chi connectivity index (χ1n) is 6.80. The van der Waals surface area contributed by atoms with Gasteiger partial charge in [-0.15, -0.1) is 0 Å². The normalized spacial score (nSPS) is 10.7. The summed E-state index contributed by atoms with van der Waals surface area (Å²) in [5.74, 6) is -0.740. The number of nitrogens with two attached hydrogens (primary N) is 1. The smallest absolute Gasteiger partial charge is 0.252 e. The van der Waals surface area contributed by atoms with E-state index in [1.807, 2.05) is 0 Å². The molecule has 0 fully saturated rings. The Kier molecular flexibility index (Phi) is 4.12. The molecule has 3 rings (SSSR count). The number of hydrogen-bond donors (Lipinski definition) is 1. The molecule has 6 heteroatoms. The number of fused-ring (bicyclic) bond motifs is 1. The highest BCUT2D eigenvalue weighted by Gasteiger charge is 2.12. The van der Waals surface area contributed by atoms with Crippen LogP contribution in [0, 0.1) is 5.82 Å². The van der Waals surface area contributed by atoms with Gasteiger partial charge in [0.2, 0.25) is 0 Å². The van der Waals surface area contributed by atoms with Gasteiger partial charge in [-0.05, 0) is 36.4 Å². The molecule has 2 aromatic carbocycles. The van der Waals surface area contributed by atoms with Gasteiger partial charge in [0.05, 0.1) is 11.1 Å². The summed E-state index contributed by atoms with van der Waals surface area (Å²) < 4.78 is 19.3. The Hall–Kier alpha value is -2.66. The maximum absolute atomic E-state index is 13.7. The monoisotopic (exact) mass is 330 g/mol. The molecule has 2 N–H and O–H groups in total. The second kappa shape index (κ2) is 6.22. The van der Waals surface area contributed by atoms with E-state index in [9.17, 15) is 9.18 Å². The molecule has 1 amide bonds. The van der Waals surface area contributed by atoms with Crippen LogP contribution in [0.5, 0.6) is 5.75 Å². The van der Waals surface area contributed by atoms with Crippen molar-refractivity contribution < 1.29 is 13.9 Å². The number of hydrogen-bond acceptors (Lipinski definition) is 3. The van der Waals surface area contributed by atoms with Gasteiger partial charge < -0.3 is 10.5 Å². The van der Waals surface area contributed by atoms with Crippen molar-refractivity contribution in [3.63, 3.8) is 0 Å². The van der Waals surface area contributed by atoms with Crippen LogP contribution in [0.4, 0.5) is 4.39 Å². The van der Waals surface area contributed by atoms with E-state index < -0.39 is 5.91 Å². The molecule has 116 valence electrons. The summed E-state index contributed by atoms with van der Waals surface area (Å²) in [7, 11) is 0. The number of halogens is 2. The van der Waals surface area contributed by atoms with Crippen molar-refractivity contribution >= 4 is 28.4 Å². The molecule has 4 nitrogen and oxygen atoms in total. The number of pyridine rings is 1. The van der Waals surface area contributed by atoms with Crippen LogP contribution < -0.4 is 10.5 Å². The summed E-state index contributed by atoms with van der Waals surface area (Å²) in [5.41, 5.74) is 6.71. The first kappa shape index (κ1) is 15.2. The number of benzene rings is 2. The van der Waals surface area contributed by atoms with E-state index in [2.05, 4.69) is 4.98 Å². The minimum atomic E-state index is -0.648. The van der Waals surface area contributed by atoms with E-state index in [-0.39, 0.29) is 23.7 Å². The molecule has 0 saturated heterocycles. The first-order chi connectivity index (χ1) is 11.0. The van der Waals surface area contributed by atoms with Gasteiger partial charge in [-0.2, -0.15) is 0 Å². The van der Waals surface area contributed by atoms with Gasteiger partial charge >= 0.3 is 0 Å². The SMILES string of the molecule is NC(=O)c1cc(Cl)ccc1OCc1cc(F)cc2cccnc12. The van der Waals surface area contributed by atoms with Crippen molar-refractivity contribution in [2.24, 2.45) is 5.73 Å². The lowest BCUT2D eigenvalue weighted by molar-refractivity contribution is 0.0996. The predicted molar refractivity (Wildman–Crippen MR) is 86.0 cm³/mol. The average molecular weight is 331 g/mol. The lowest BCUT2D eigenvalue weighted by atomic mass is 10.1. The third kappa shape index (κ3) is 3.24. The highest BCUT2D eigenvalue weighted by Crippen LogP contribution is 2.25. The van der Waals surface area contributed by atoms with Gasteiger partial charge in [-0.3, -0.25) is 9.78 Å². The fourth-order valence-electron chi connectivity index (χ4n) is 2.31. The van der Waals surface area contributed by atoms with Crippen molar-refractivity contribution in [3.8, 4) is 5.75 Å². The summed E-state index contributed by atoms with van der Waals surface area (Å²) in [6.45, 7) is 0.0488. The van der Waals surface area contributed by atoms with Crippen LogP contribution in [0.15, 0.2) is 48.7 Å². The van der Waals surface area contributed by atoms with Gasteiger partial charge in [-0.25, -0.2) is 4.39 Å². The number of carbonyl (C=O) groups excluding carboxylic acids is 1. The molecule has 0 spiro atoms. The summed E-state index contributed by atoms with van der Waals surface area (Å²) in [4.78, 5) is 15.7. The van der Waals surface area contributed by atoms with Crippen LogP contribution in [-0.4, -0.2) is 10.9 Å². The third-order valence-corrected chi connectivity index (χ3v) is 3.57. The molecule has 0 saturated carbocycles. The molecule has 0 bridgehead atoms. The van der Waals surface area contributed by atoms with E-state index in [0.717, 1.165) is 0 Å². The minimum absolute atomic E-state index is 0.0488. The Balaban J connectivity index is 1.94. The number of aromatic nitrogens is 1. The zero-order chi connectivity index (χ0) is 16.4. The number of rotatable bonds is 4. The fraction of sp³-hybridized carbons (Fsp3) is 0.0588. The molecule has 0 atom stereocenters. The molecular weight excluding hydrogens is 319 g/mol. The van der Waals surface area contributed by atoms with Gasteiger partial charge in [0.1, 0.15) is 18.2 Å². The lowest BCUT2D eigenvalue weighted by Gasteiger charge is -2.11. The van der Waals surface area contributed by atoms with Crippen LogP contribution >= 0.6 is 11.6 Å². The Morgan fingerprint density at radius 2 is 2.09 bits per heavy atom. The van der Waals surface area contributed by atoms with Gasteiger partial charge in [0, 0.05) is 22.2 Å². The summed E-state index contributed by atoms with van der Waals surface area (Å²) in [6.07, 6.45) is 1.63. The summed E-state index contributed by atoms with van der Waals surface area (Å²) in [5, 5.41) is 1.06. The van der Waals surface area contributed by atoms with Gasteiger partial charge in [0.25, 0.3) is 5.91 Å².